The van der Waals surface area contributed by atoms with Crippen molar-refractivity contribution in [2.24, 2.45) is 0 Å². The Morgan fingerprint density at radius 2 is 1.40 bits per heavy atom. The van der Waals surface area contributed by atoms with E-state index >= 15 is 0 Å². The molecule has 7 heteroatoms. The van der Waals surface area contributed by atoms with Gasteiger partial charge in [0.15, 0.2) is 0 Å². The van der Waals surface area contributed by atoms with Gasteiger partial charge in [-0.3, -0.25) is 0 Å². The first-order chi connectivity index (χ1) is 7.17. The van der Waals surface area contributed by atoms with Gasteiger partial charge in [0.1, 0.15) is 5.91 Å². The van der Waals surface area contributed by atoms with Crippen molar-refractivity contribution in [3.8, 4) is 0 Å². The van der Waals surface area contributed by atoms with Crippen LogP contribution in [0.3, 0.4) is 0 Å². The van der Waals surface area contributed by atoms with Crippen LogP contribution in [0, 0.1) is 0 Å². The highest BCUT2D eigenvalue weighted by Crippen LogP contribution is 2.15. The highest BCUT2D eigenvalue weighted by atomic mass is 28.4. The van der Waals surface area contributed by atoms with Gasteiger partial charge in [-0.2, -0.15) is 0 Å². The molecule has 0 atom stereocenters. The Bertz CT molecular complexity index is 142. The fraction of sp³-hybridized carbons (Fsp3) is 1.00. The molecule has 0 aromatic rings. The monoisotopic (exact) mass is 254 g/mol. The average Bonchev–Trinajstić information content (AvgIpc) is 2.31. The molecule has 0 aromatic heterocycles. The average molecular weight is 254 g/mol. The zero-order valence-electron chi connectivity index (χ0n) is 10.2. The normalized spacial score (nSPS) is 13.2. The van der Waals surface area contributed by atoms with Crippen LogP contribution in [-0.4, -0.2) is 59.8 Å². The Morgan fingerprint density at radius 1 is 0.933 bits per heavy atom. The molecule has 0 N–H and O–H groups in total. The van der Waals surface area contributed by atoms with Crippen molar-refractivity contribution in [2.45, 2.75) is 18.0 Å². The van der Waals surface area contributed by atoms with Gasteiger partial charge in [0.25, 0.3) is 0 Å². The molecule has 0 aliphatic heterocycles. The second kappa shape index (κ2) is 8.39. The molecule has 0 spiro atoms. The molecule has 0 aliphatic carbocycles. The fourth-order valence-corrected chi connectivity index (χ4v) is 5.84. The lowest BCUT2D eigenvalue weighted by molar-refractivity contribution is -0.0440. The summed E-state index contributed by atoms with van der Waals surface area (Å²) in [4.78, 5) is 0. The van der Waals surface area contributed by atoms with Crippen LogP contribution < -0.4 is 0 Å². The second-order valence-electron chi connectivity index (χ2n) is 3.09. The van der Waals surface area contributed by atoms with E-state index in [1.165, 1.54) is 0 Å². The minimum Gasteiger partial charge on any atom is -0.377 e. The summed E-state index contributed by atoms with van der Waals surface area (Å²) in [5, 5.41) is 0. The Labute approximate surface area is 95.2 Å². The van der Waals surface area contributed by atoms with Crippen molar-refractivity contribution < 1.29 is 22.8 Å². The molecule has 0 fully saturated rings. The van der Waals surface area contributed by atoms with Crippen LogP contribution in [0.5, 0.6) is 0 Å². The van der Waals surface area contributed by atoms with Gasteiger partial charge in [0, 0.05) is 41.6 Å². The first kappa shape index (κ1) is 15.2. The van der Waals surface area contributed by atoms with Gasteiger partial charge in [-0.15, -0.1) is 0 Å². The molecule has 0 aromatic carbocycles. The van der Waals surface area contributed by atoms with E-state index in [1.54, 1.807) is 35.5 Å². The van der Waals surface area contributed by atoms with Crippen LogP contribution >= 0.6 is 0 Å². The van der Waals surface area contributed by atoms with Crippen molar-refractivity contribution in [3.05, 3.63) is 0 Å². The van der Waals surface area contributed by atoms with Gasteiger partial charge in [-0.1, -0.05) is 6.04 Å². The molecule has 15 heavy (non-hydrogen) atoms. The number of ether oxygens (including phenoxy) is 2. The molecule has 92 valence electrons. The van der Waals surface area contributed by atoms with Gasteiger partial charge in [-0.05, 0) is 0 Å². The Kier molecular flexibility index (Phi) is 8.52. The summed E-state index contributed by atoms with van der Waals surface area (Å²) in [5.74, 6) is -0.0257. The minimum atomic E-state index is -2.39. The van der Waals surface area contributed by atoms with Gasteiger partial charge in [0.2, 0.25) is 0 Å². The summed E-state index contributed by atoms with van der Waals surface area (Å²) < 4.78 is 26.3. The van der Waals surface area contributed by atoms with Crippen molar-refractivity contribution in [1.82, 2.24) is 0 Å². The lowest BCUT2D eigenvalue weighted by atomic mass is 10.9. The molecule has 0 unspecified atom stereocenters. The lowest BCUT2D eigenvalue weighted by Gasteiger charge is -2.24. The summed E-state index contributed by atoms with van der Waals surface area (Å²) in [6.07, 6.45) is 0. The van der Waals surface area contributed by atoms with E-state index in [-0.39, 0.29) is 5.91 Å². The van der Waals surface area contributed by atoms with E-state index in [2.05, 4.69) is 0 Å². The third-order valence-electron chi connectivity index (χ3n) is 2.38. The quantitative estimate of drug-likeness (QED) is 0.429. The minimum absolute atomic E-state index is 0.0257. The first-order valence-corrected chi connectivity index (χ1v) is 8.64. The smallest absolute Gasteiger partial charge is 0.377 e. The van der Waals surface area contributed by atoms with Gasteiger partial charge < -0.3 is 22.8 Å². The van der Waals surface area contributed by atoms with Crippen molar-refractivity contribution in [2.75, 3.05) is 35.5 Å². The molecule has 0 heterocycles. The maximum atomic E-state index is 5.32. The van der Waals surface area contributed by atoms with Crippen molar-refractivity contribution >= 4 is 18.3 Å². The number of rotatable bonds is 9. The van der Waals surface area contributed by atoms with E-state index in [1.807, 2.05) is 0 Å². The van der Waals surface area contributed by atoms with E-state index in [0.29, 0.717) is 0 Å². The highest BCUT2D eigenvalue weighted by Gasteiger charge is 2.37. The third kappa shape index (κ3) is 5.20. The van der Waals surface area contributed by atoms with Crippen LogP contribution in [0.25, 0.3) is 0 Å². The van der Waals surface area contributed by atoms with Crippen molar-refractivity contribution in [3.63, 3.8) is 0 Å². The van der Waals surface area contributed by atoms with E-state index in [9.17, 15) is 0 Å². The number of hydrogen-bond acceptors (Lipinski definition) is 5. The third-order valence-corrected chi connectivity index (χ3v) is 7.82. The molecular formula is C8H22O5Si2. The molecule has 0 saturated carbocycles. The van der Waals surface area contributed by atoms with Gasteiger partial charge in [0.05, 0.1) is 9.52 Å². The van der Waals surface area contributed by atoms with Crippen LogP contribution in [0.15, 0.2) is 0 Å². The lowest BCUT2D eigenvalue weighted by Crippen LogP contribution is -2.43. The summed E-state index contributed by atoms with van der Waals surface area (Å²) in [6, 6.07) is 1.85. The Balaban J connectivity index is 3.89. The van der Waals surface area contributed by atoms with E-state index in [4.69, 9.17) is 22.8 Å². The standard InChI is InChI=1S/C8H22O5Si2/c1-9-8(10-2)14-6-7-15(11-3,12-4)13-5/h8H,6-7,14H2,1-5H3. The SMILES string of the molecule is COC(OC)[SiH2]CC[Si](OC)(OC)OC. The predicted molar refractivity (Wildman–Crippen MR) is 62.7 cm³/mol. The summed E-state index contributed by atoms with van der Waals surface area (Å²) in [5.41, 5.74) is 0. The van der Waals surface area contributed by atoms with Crippen molar-refractivity contribution in [1.29, 1.82) is 0 Å². The van der Waals surface area contributed by atoms with Crippen LogP contribution in [0.1, 0.15) is 0 Å². The van der Waals surface area contributed by atoms with Gasteiger partial charge in [-0.25, -0.2) is 0 Å². The topological polar surface area (TPSA) is 46.2 Å². The second-order valence-corrected chi connectivity index (χ2v) is 8.13. The van der Waals surface area contributed by atoms with Crippen LogP contribution in [0.2, 0.25) is 12.1 Å². The predicted octanol–water partition coefficient (Wildman–Crippen LogP) is 0.0280. The van der Waals surface area contributed by atoms with E-state index < -0.39 is 18.3 Å². The highest BCUT2D eigenvalue weighted by molar-refractivity contribution is 6.61. The first-order valence-electron chi connectivity index (χ1n) is 4.89. The summed E-state index contributed by atoms with van der Waals surface area (Å²) in [7, 11) is 5.39. The molecule has 0 saturated heterocycles. The number of methoxy groups -OCH3 is 2. The molecule has 0 aliphatic rings. The zero-order chi connectivity index (χ0) is 11.7. The summed E-state index contributed by atoms with van der Waals surface area (Å²) in [6.45, 7) is 0. The van der Waals surface area contributed by atoms with E-state index in [0.717, 1.165) is 12.1 Å². The Morgan fingerprint density at radius 3 is 1.73 bits per heavy atom. The molecular weight excluding hydrogens is 232 g/mol. The zero-order valence-corrected chi connectivity index (χ0v) is 12.7. The molecule has 5 nitrogen and oxygen atoms in total. The fourth-order valence-electron chi connectivity index (χ4n) is 1.37. The maximum Gasteiger partial charge on any atom is 0.499 e. The largest absolute Gasteiger partial charge is 0.499 e. The number of hydrogen-bond donors (Lipinski definition) is 0. The Hall–Kier alpha value is 0.234. The summed E-state index contributed by atoms with van der Waals surface area (Å²) >= 11 is 0. The van der Waals surface area contributed by atoms with Gasteiger partial charge >= 0.3 is 8.80 Å². The molecule has 0 amide bonds. The van der Waals surface area contributed by atoms with Crippen LogP contribution in [0.4, 0.5) is 0 Å². The maximum absolute atomic E-state index is 5.32. The molecule has 0 bridgehead atoms. The van der Waals surface area contributed by atoms with Crippen LogP contribution in [-0.2, 0) is 22.8 Å². The molecule has 0 rings (SSSR count). The molecule has 0 radical (unpaired) electrons.